The van der Waals surface area contributed by atoms with E-state index < -0.39 is 17.8 Å². The third-order valence-corrected chi connectivity index (χ3v) is 4.48. The topological polar surface area (TPSA) is 128 Å². The highest BCUT2D eigenvalue weighted by Gasteiger charge is 2.52. The van der Waals surface area contributed by atoms with Gasteiger partial charge in [0, 0.05) is 23.0 Å². The second kappa shape index (κ2) is 5.30. The zero-order chi connectivity index (χ0) is 17.7. The Morgan fingerprint density at radius 3 is 2.12 bits per heavy atom. The van der Waals surface area contributed by atoms with Crippen molar-refractivity contribution in [2.75, 3.05) is 0 Å². The molecule has 0 radical (unpaired) electrons. The first kappa shape index (κ1) is 15.1. The maximum atomic E-state index is 12.4. The van der Waals surface area contributed by atoms with Crippen LogP contribution in [0, 0.1) is 11.8 Å². The number of guanidine groups is 1. The van der Waals surface area contributed by atoms with Crippen molar-refractivity contribution in [3.63, 3.8) is 0 Å². The Balaban J connectivity index is 1.50. The molecule has 2 amide bonds. The first-order valence-electron chi connectivity index (χ1n) is 7.69. The monoisotopic (exact) mass is 338 g/mol. The van der Waals surface area contributed by atoms with Gasteiger partial charge in [0.15, 0.2) is 5.96 Å². The number of benzene rings is 1. The van der Waals surface area contributed by atoms with Crippen LogP contribution in [0.25, 0.3) is 0 Å². The van der Waals surface area contributed by atoms with Crippen LogP contribution in [-0.2, 0) is 14.4 Å². The van der Waals surface area contributed by atoms with E-state index in [-0.39, 0.29) is 23.4 Å². The largest absolute Gasteiger partial charge is 0.370 e. The molecule has 2 atom stereocenters. The third-order valence-electron chi connectivity index (χ3n) is 4.48. The maximum absolute atomic E-state index is 12.4. The van der Waals surface area contributed by atoms with Gasteiger partial charge in [-0.2, -0.15) is 0 Å². The van der Waals surface area contributed by atoms with Gasteiger partial charge in [-0.25, -0.2) is 9.79 Å². The van der Waals surface area contributed by atoms with Gasteiger partial charge in [0.25, 0.3) is 11.8 Å². The normalized spacial score (nSPS) is 23.3. The van der Waals surface area contributed by atoms with E-state index in [1.54, 1.807) is 0 Å². The molecule has 1 aromatic carbocycles. The number of aliphatic imine (C=N–C) groups is 1. The van der Waals surface area contributed by atoms with Crippen LogP contribution in [0.4, 0.5) is 5.69 Å². The van der Waals surface area contributed by atoms with Gasteiger partial charge >= 0.3 is 5.97 Å². The van der Waals surface area contributed by atoms with Gasteiger partial charge in [-0.15, -0.1) is 0 Å². The fourth-order valence-corrected chi connectivity index (χ4v) is 3.42. The van der Waals surface area contributed by atoms with Gasteiger partial charge in [-0.1, -0.05) is 17.2 Å². The molecule has 8 heteroatoms. The summed E-state index contributed by atoms with van der Waals surface area (Å²) < 4.78 is 0. The minimum atomic E-state index is -0.806. The molecule has 0 aromatic heterocycles. The van der Waals surface area contributed by atoms with Crippen LogP contribution >= 0.6 is 0 Å². The molecule has 2 unspecified atom stereocenters. The summed E-state index contributed by atoms with van der Waals surface area (Å²) in [6.45, 7) is 0. The standard InChI is InChI=1S/C17H14N4O4/c18-17(19)20-11-5-3-8(4-6-11)16(24)25-21-14(22)12-9-1-2-10(7-9)13(12)15(21)23/h1-6,9-10H,7H2,(H4,18,19,20). The third kappa shape index (κ3) is 2.30. The Hall–Kier alpha value is -3.42. The molecule has 0 fully saturated rings. The van der Waals surface area contributed by atoms with Crippen LogP contribution in [0.2, 0.25) is 0 Å². The van der Waals surface area contributed by atoms with E-state index in [1.165, 1.54) is 24.3 Å². The molecular formula is C17H14N4O4. The summed E-state index contributed by atoms with van der Waals surface area (Å²) in [5.74, 6) is -2.13. The number of amides is 2. The van der Waals surface area contributed by atoms with E-state index in [2.05, 4.69) is 4.99 Å². The summed E-state index contributed by atoms with van der Waals surface area (Å²) in [5.41, 5.74) is 12.1. The molecule has 126 valence electrons. The number of imide groups is 1. The van der Waals surface area contributed by atoms with Gasteiger partial charge in [0.05, 0.1) is 11.3 Å². The Morgan fingerprint density at radius 2 is 1.60 bits per heavy atom. The van der Waals surface area contributed by atoms with Crippen LogP contribution in [0.1, 0.15) is 16.8 Å². The molecule has 1 aromatic rings. The quantitative estimate of drug-likeness (QED) is 0.358. The van der Waals surface area contributed by atoms with Crippen LogP contribution in [-0.4, -0.2) is 28.8 Å². The molecule has 4 rings (SSSR count). The highest BCUT2D eigenvalue weighted by molar-refractivity contribution is 6.20. The van der Waals surface area contributed by atoms with Crippen molar-refractivity contribution in [1.82, 2.24) is 5.06 Å². The molecule has 2 bridgehead atoms. The lowest BCUT2D eigenvalue weighted by Gasteiger charge is -2.16. The van der Waals surface area contributed by atoms with E-state index in [1.807, 2.05) is 12.2 Å². The van der Waals surface area contributed by atoms with Crippen molar-refractivity contribution in [3.8, 4) is 0 Å². The van der Waals surface area contributed by atoms with E-state index in [0.717, 1.165) is 6.42 Å². The highest BCUT2D eigenvalue weighted by atomic mass is 16.7. The van der Waals surface area contributed by atoms with E-state index in [4.69, 9.17) is 16.3 Å². The fraction of sp³-hybridized carbons (Fsp3) is 0.176. The van der Waals surface area contributed by atoms with Gasteiger partial charge in [-0.05, 0) is 30.7 Å². The number of hydrogen-bond acceptors (Lipinski definition) is 5. The predicted octanol–water partition coefficient (Wildman–Crippen LogP) is 0.535. The zero-order valence-corrected chi connectivity index (χ0v) is 13.0. The first-order chi connectivity index (χ1) is 12.0. The Kier molecular flexibility index (Phi) is 3.21. The minimum Gasteiger partial charge on any atom is -0.370 e. The first-order valence-corrected chi connectivity index (χ1v) is 7.69. The lowest BCUT2D eigenvalue weighted by Crippen LogP contribution is -2.36. The fourth-order valence-electron chi connectivity index (χ4n) is 3.42. The van der Waals surface area contributed by atoms with E-state index in [9.17, 15) is 14.4 Å². The number of nitrogens with two attached hydrogens (primary N) is 2. The number of fused-ring (bicyclic) bond motifs is 4. The average Bonchev–Trinajstić information content (AvgIpc) is 3.25. The Morgan fingerprint density at radius 1 is 1.04 bits per heavy atom. The van der Waals surface area contributed by atoms with Crippen LogP contribution in [0.3, 0.4) is 0 Å². The van der Waals surface area contributed by atoms with Crippen LogP contribution < -0.4 is 11.5 Å². The summed E-state index contributed by atoms with van der Waals surface area (Å²) in [6.07, 6.45) is 4.58. The number of hydroxylamine groups is 2. The summed E-state index contributed by atoms with van der Waals surface area (Å²) in [6, 6.07) is 5.93. The molecule has 2 aliphatic carbocycles. The van der Waals surface area contributed by atoms with Crippen LogP contribution in [0.15, 0.2) is 52.6 Å². The molecule has 4 N–H and O–H groups in total. The van der Waals surface area contributed by atoms with Gasteiger partial charge in [0.2, 0.25) is 0 Å². The molecule has 0 saturated carbocycles. The highest BCUT2D eigenvalue weighted by Crippen LogP contribution is 2.48. The number of carbonyl (C=O) groups excluding carboxylic acids is 3. The summed E-state index contributed by atoms with van der Waals surface area (Å²) >= 11 is 0. The Bertz CT molecular complexity index is 860. The van der Waals surface area contributed by atoms with Gasteiger partial charge < -0.3 is 16.3 Å². The number of allylic oxidation sites excluding steroid dienone is 2. The van der Waals surface area contributed by atoms with Gasteiger partial charge in [-0.3, -0.25) is 9.59 Å². The number of nitrogens with zero attached hydrogens (tertiary/aromatic N) is 2. The van der Waals surface area contributed by atoms with Gasteiger partial charge in [0.1, 0.15) is 0 Å². The molecule has 0 spiro atoms. The lowest BCUT2D eigenvalue weighted by molar-refractivity contribution is -0.172. The summed E-state index contributed by atoms with van der Waals surface area (Å²) in [5, 5.41) is 0.559. The predicted molar refractivity (Wildman–Crippen MR) is 86.9 cm³/mol. The van der Waals surface area contributed by atoms with Crippen molar-refractivity contribution in [3.05, 3.63) is 53.1 Å². The smallest absolute Gasteiger partial charge is 0.363 e. The second-order valence-electron chi connectivity index (χ2n) is 6.03. The molecule has 3 aliphatic rings. The molecular weight excluding hydrogens is 324 g/mol. The number of hydrogen-bond donors (Lipinski definition) is 2. The zero-order valence-electron chi connectivity index (χ0n) is 13.0. The van der Waals surface area contributed by atoms with Crippen molar-refractivity contribution < 1.29 is 19.2 Å². The van der Waals surface area contributed by atoms with Crippen molar-refractivity contribution in [2.24, 2.45) is 28.3 Å². The molecule has 1 heterocycles. The average molecular weight is 338 g/mol. The number of rotatable bonds is 3. The lowest BCUT2D eigenvalue weighted by atomic mass is 9.99. The Labute approximate surface area is 142 Å². The molecule has 1 aliphatic heterocycles. The van der Waals surface area contributed by atoms with Crippen LogP contribution in [0.5, 0.6) is 0 Å². The minimum absolute atomic E-state index is 0.0565. The maximum Gasteiger partial charge on any atom is 0.363 e. The summed E-state index contributed by atoms with van der Waals surface area (Å²) in [7, 11) is 0. The summed E-state index contributed by atoms with van der Waals surface area (Å²) in [4.78, 5) is 46.0. The molecule has 8 nitrogen and oxygen atoms in total. The molecule has 25 heavy (non-hydrogen) atoms. The van der Waals surface area contributed by atoms with Crippen molar-refractivity contribution in [1.29, 1.82) is 0 Å². The van der Waals surface area contributed by atoms with Crippen molar-refractivity contribution >= 4 is 29.4 Å². The van der Waals surface area contributed by atoms with Crippen molar-refractivity contribution in [2.45, 2.75) is 6.42 Å². The SMILES string of the molecule is NC(N)=Nc1ccc(C(=O)ON2C(=O)C3=C(C2=O)C2C=CC3C2)cc1. The second-order valence-corrected chi connectivity index (χ2v) is 6.03. The molecule has 0 saturated heterocycles. The van der Waals surface area contributed by atoms with E-state index >= 15 is 0 Å². The number of carbonyl (C=O) groups is 3. The van der Waals surface area contributed by atoms with E-state index in [0.29, 0.717) is 21.9 Å².